The van der Waals surface area contributed by atoms with Gasteiger partial charge < -0.3 is 5.32 Å². The van der Waals surface area contributed by atoms with E-state index in [0.29, 0.717) is 16.3 Å². The van der Waals surface area contributed by atoms with E-state index in [9.17, 15) is 4.79 Å². The quantitative estimate of drug-likeness (QED) is 0.805. The first-order valence-electron chi connectivity index (χ1n) is 6.46. The standard InChI is InChI=1S/C16H10N4OS/c17-10-12-8-9-22-15(12)16(21)18-14-7-6-13(19-20-14)11-4-2-1-3-5-11/h1-9H,(H,18,20,21). The minimum atomic E-state index is -0.353. The summed E-state index contributed by atoms with van der Waals surface area (Å²) < 4.78 is 0. The van der Waals surface area contributed by atoms with Gasteiger partial charge in [0.15, 0.2) is 5.82 Å². The fraction of sp³-hybridized carbons (Fsp3) is 0. The van der Waals surface area contributed by atoms with E-state index in [-0.39, 0.29) is 5.91 Å². The number of hydrogen-bond donors (Lipinski definition) is 1. The average molecular weight is 306 g/mol. The van der Waals surface area contributed by atoms with Crippen molar-refractivity contribution in [2.75, 3.05) is 5.32 Å². The van der Waals surface area contributed by atoms with Crippen molar-refractivity contribution in [1.82, 2.24) is 10.2 Å². The van der Waals surface area contributed by atoms with Crippen molar-refractivity contribution in [1.29, 1.82) is 5.26 Å². The van der Waals surface area contributed by atoms with Crippen LogP contribution < -0.4 is 5.32 Å². The van der Waals surface area contributed by atoms with Crippen LogP contribution in [-0.4, -0.2) is 16.1 Å². The molecule has 0 radical (unpaired) electrons. The van der Waals surface area contributed by atoms with Crippen LogP contribution in [0.3, 0.4) is 0 Å². The summed E-state index contributed by atoms with van der Waals surface area (Å²) in [6, 6.07) is 16.7. The van der Waals surface area contributed by atoms with Crippen LogP contribution in [0.25, 0.3) is 11.3 Å². The minimum absolute atomic E-state index is 0.349. The highest BCUT2D eigenvalue weighted by Gasteiger charge is 2.13. The molecule has 22 heavy (non-hydrogen) atoms. The molecule has 0 spiro atoms. The number of nitriles is 1. The second kappa shape index (κ2) is 6.16. The SMILES string of the molecule is N#Cc1ccsc1C(=O)Nc1ccc(-c2ccccc2)nn1. The molecule has 1 aromatic carbocycles. The summed E-state index contributed by atoms with van der Waals surface area (Å²) in [6.07, 6.45) is 0. The molecule has 0 bridgehead atoms. The Bertz CT molecular complexity index is 835. The zero-order chi connectivity index (χ0) is 15.4. The van der Waals surface area contributed by atoms with Crippen LogP contribution >= 0.6 is 11.3 Å². The van der Waals surface area contributed by atoms with Gasteiger partial charge in [-0.3, -0.25) is 4.79 Å². The maximum atomic E-state index is 12.1. The smallest absolute Gasteiger partial charge is 0.268 e. The fourth-order valence-corrected chi connectivity index (χ4v) is 2.65. The third kappa shape index (κ3) is 2.85. The van der Waals surface area contributed by atoms with Crippen LogP contribution in [0, 0.1) is 11.3 Å². The van der Waals surface area contributed by atoms with Crippen LogP contribution in [0.4, 0.5) is 5.82 Å². The molecule has 1 N–H and O–H groups in total. The molecule has 0 saturated heterocycles. The summed E-state index contributed by atoms with van der Waals surface area (Å²) in [4.78, 5) is 12.5. The molecule has 0 atom stereocenters. The lowest BCUT2D eigenvalue weighted by molar-refractivity contribution is 0.103. The van der Waals surface area contributed by atoms with Gasteiger partial charge in [0.1, 0.15) is 10.9 Å². The number of hydrogen-bond acceptors (Lipinski definition) is 5. The summed E-state index contributed by atoms with van der Waals surface area (Å²) in [7, 11) is 0. The van der Waals surface area contributed by atoms with Crippen molar-refractivity contribution in [2.24, 2.45) is 0 Å². The number of nitrogens with zero attached hydrogens (tertiary/aromatic N) is 3. The number of rotatable bonds is 3. The Morgan fingerprint density at radius 2 is 1.91 bits per heavy atom. The lowest BCUT2D eigenvalue weighted by Gasteiger charge is -2.04. The zero-order valence-electron chi connectivity index (χ0n) is 11.4. The Morgan fingerprint density at radius 3 is 2.59 bits per heavy atom. The van der Waals surface area contributed by atoms with E-state index in [2.05, 4.69) is 15.5 Å². The second-order valence-corrected chi connectivity index (χ2v) is 5.32. The summed E-state index contributed by atoms with van der Waals surface area (Å²) in [5.74, 6) is -0.00437. The molecule has 0 aliphatic carbocycles. The van der Waals surface area contributed by atoms with Crippen LogP contribution in [0.5, 0.6) is 0 Å². The van der Waals surface area contributed by atoms with Crippen molar-refractivity contribution in [2.45, 2.75) is 0 Å². The molecule has 106 valence electrons. The molecular weight excluding hydrogens is 296 g/mol. The fourth-order valence-electron chi connectivity index (χ4n) is 1.91. The average Bonchev–Trinajstić information content (AvgIpc) is 3.05. The Morgan fingerprint density at radius 1 is 1.09 bits per heavy atom. The summed E-state index contributed by atoms with van der Waals surface area (Å²) in [5, 5.41) is 21.4. The van der Waals surface area contributed by atoms with E-state index in [0.717, 1.165) is 11.3 Å². The number of anilines is 1. The number of aromatic nitrogens is 2. The second-order valence-electron chi connectivity index (χ2n) is 4.40. The predicted molar refractivity (Wildman–Crippen MR) is 84.5 cm³/mol. The van der Waals surface area contributed by atoms with Gasteiger partial charge in [-0.1, -0.05) is 30.3 Å². The number of carbonyl (C=O) groups is 1. The normalized spacial score (nSPS) is 9.95. The largest absolute Gasteiger partial charge is 0.304 e. The highest BCUT2D eigenvalue weighted by atomic mass is 32.1. The first kappa shape index (κ1) is 13.9. The van der Waals surface area contributed by atoms with E-state index < -0.39 is 0 Å². The molecule has 3 aromatic rings. The lowest BCUT2D eigenvalue weighted by Crippen LogP contribution is -2.13. The summed E-state index contributed by atoms with van der Waals surface area (Å²) in [6.45, 7) is 0. The molecule has 5 nitrogen and oxygen atoms in total. The molecule has 2 aromatic heterocycles. The molecule has 6 heteroatoms. The number of carbonyl (C=O) groups excluding carboxylic acids is 1. The molecule has 2 heterocycles. The number of amides is 1. The third-order valence-electron chi connectivity index (χ3n) is 2.97. The molecule has 0 fully saturated rings. The maximum absolute atomic E-state index is 12.1. The number of benzene rings is 1. The summed E-state index contributed by atoms with van der Waals surface area (Å²) in [5.41, 5.74) is 2.04. The number of thiophene rings is 1. The van der Waals surface area contributed by atoms with Gasteiger partial charge in [0.05, 0.1) is 11.3 Å². The van der Waals surface area contributed by atoms with Gasteiger partial charge in [0.2, 0.25) is 0 Å². The van der Waals surface area contributed by atoms with E-state index >= 15 is 0 Å². The van der Waals surface area contributed by atoms with Gasteiger partial charge >= 0.3 is 0 Å². The minimum Gasteiger partial charge on any atom is -0.304 e. The van der Waals surface area contributed by atoms with Crippen molar-refractivity contribution in [3.63, 3.8) is 0 Å². The predicted octanol–water partition coefficient (Wildman–Crippen LogP) is 3.33. The van der Waals surface area contributed by atoms with Gasteiger partial charge in [-0.2, -0.15) is 5.26 Å². The Labute approximate surface area is 130 Å². The maximum Gasteiger partial charge on any atom is 0.268 e. The van der Waals surface area contributed by atoms with Gasteiger partial charge in [-0.15, -0.1) is 21.5 Å². The van der Waals surface area contributed by atoms with Crippen LogP contribution in [0.2, 0.25) is 0 Å². The van der Waals surface area contributed by atoms with Gasteiger partial charge in [0, 0.05) is 5.56 Å². The van der Waals surface area contributed by atoms with Crippen LogP contribution in [0.1, 0.15) is 15.2 Å². The Balaban J connectivity index is 1.77. The molecule has 0 saturated carbocycles. The number of nitrogens with one attached hydrogen (secondary N) is 1. The molecule has 0 aliphatic rings. The van der Waals surface area contributed by atoms with Crippen molar-refractivity contribution < 1.29 is 4.79 Å². The Hall–Kier alpha value is -3.04. The highest BCUT2D eigenvalue weighted by Crippen LogP contribution is 2.19. The van der Waals surface area contributed by atoms with Gasteiger partial charge in [-0.05, 0) is 23.6 Å². The first-order valence-corrected chi connectivity index (χ1v) is 7.34. The van der Waals surface area contributed by atoms with Crippen LogP contribution in [-0.2, 0) is 0 Å². The molecular formula is C16H10N4OS. The topological polar surface area (TPSA) is 78.7 Å². The molecule has 3 rings (SSSR count). The molecule has 0 aliphatic heterocycles. The van der Waals surface area contributed by atoms with Crippen LogP contribution in [0.15, 0.2) is 53.9 Å². The van der Waals surface area contributed by atoms with Gasteiger partial charge in [-0.25, -0.2) is 0 Å². The van der Waals surface area contributed by atoms with Gasteiger partial charge in [0.25, 0.3) is 5.91 Å². The summed E-state index contributed by atoms with van der Waals surface area (Å²) >= 11 is 1.22. The first-order chi connectivity index (χ1) is 10.8. The van der Waals surface area contributed by atoms with E-state index in [4.69, 9.17) is 5.26 Å². The van der Waals surface area contributed by atoms with Crippen molar-refractivity contribution >= 4 is 23.1 Å². The lowest BCUT2D eigenvalue weighted by atomic mass is 10.1. The van der Waals surface area contributed by atoms with E-state index in [1.807, 2.05) is 36.4 Å². The third-order valence-corrected chi connectivity index (χ3v) is 3.88. The van der Waals surface area contributed by atoms with Crippen molar-refractivity contribution in [3.8, 4) is 17.3 Å². The van der Waals surface area contributed by atoms with E-state index in [1.54, 1.807) is 23.6 Å². The highest BCUT2D eigenvalue weighted by molar-refractivity contribution is 7.12. The zero-order valence-corrected chi connectivity index (χ0v) is 12.2. The van der Waals surface area contributed by atoms with Crippen molar-refractivity contribution in [3.05, 3.63) is 64.4 Å². The molecule has 1 amide bonds. The monoisotopic (exact) mass is 306 g/mol. The van der Waals surface area contributed by atoms with E-state index in [1.165, 1.54) is 11.3 Å². The molecule has 0 unspecified atom stereocenters. The Kier molecular flexibility index (Phi) is 3.90.